The molecule has 3 heterocycles. The Hall–Kier alpha value is -3.47. The van der Waals surface area contributed by atoms with Gasteiger partial charge in [-0.2, -0.15) is 9.49 Å². The molecule has 5 rings (SSSR count). The van der Waals surface area contributed by atoms with Gasteiger partial charge in [0.1, 0.15) is 5.69 Å². The number of pyridine rings is 2. The monoisotopic (exact) mass is 665 g/mol. The average molecular weight is 667 g/mol. The minimum absolute atomic E-state index is 0.0511. The van der Waals surface area contributed by atoms with Crippen molar-refractivity contribution >= 4 is 60.1 Å². The highest BCUT2D eigenvalue weighted by Crippen LogP contribution is 2.36. The van der Waals surface area contributed by atoms with Crippen molar-refractivity contribution in [3.63, 3.8) is 0 Å². The van der Waals surface area contributed by atoms with E-state index >= 15 is 0 Å². The van der Waals surface area contributed by atoms with Gasteiger partial charge < -0.3 is 4.90 Å². The molecule has 0 saturated heterocycles. The maximum absolute atomic E-state index is 14.8. The van der Waals surface area contributed by atoms with Crippen molar-refractivity contribution in [1.29, 1.82) is 0 Å². The van der Waals surface area contributed by atoms with E-state index in [2.05, 4.69) is 52.0 Å². The number of aromatic amines is 1. The summed E-state index contributed by atoms with van der Waals surface area (Å²) >= 11 is 6.82. The molecule has 3 aromatic heterocycles. The number of hydrogen-bond donors (Lipinski definition) is 1. The Bertz CT molecular complexity index is 1680. The summed E-state index contributed by atoms with van der Waals surface area (Å²) in [5, 5.41) is 8.37. The fourth-order valence-corrected chi connectivity index (χ4v) is 5.59. The smallest absolute Gasteiger partial charge is 0.229 e. The van der Waals surface area contributed by atoms with Crippen LogP contribution < -0.4 is 9.38 Å². The second-order valence-electron chi connectivity index (χ2n) is 10.4. The third-order valence-electron chi connectivity index (χ3n) is 7.13. The van der Waals surface area contributed by atoms with Crippen LogP contribution in [0, 0.1) is 5.95 Å². The number of Topliss-reactive ketones (excluding diaryl/α,β-unsaturated/α-hetero) is 1. The van der Waals surface area contributed by atoms with Gasteiger partial charge in [-0.05, 0) is 73.8 Å². The Labute approximate surface area is 248 Å². The Morgan fingerprint density at radius 2 is 1.62 bits per heavy atom. The van der Waals surface area contributed by atoms with Crippen LogP contribution >= 0.6 is 31.9 Å². The van der Waals surface area contributed by atoms with Crippen molar-refractivity contribution in [2.24, 2.45) is 0 Å². The number of H-pyrrole nitrogens is 1. The molecule has 204 valence electrons. The average Bonchev–Trinajstić information content (AvgIpc) is 3.32. The van der Waals surface area contributed by atoms with Crippen LogP contribution in [0.3, 0.4) is 0 Å². The fourth-order valence-electron chi connectivity index (χ4n) is 4.92. The van der Waals surface area contributed by atoms with Gasteiger partial charge >= 0.3 is 0 Å². The van der Waals surface area contributed by atoms with Gasteiger partial charge in [-0.1, -0.05) is 24.3 Å². The minimum atomic E-state index is -0.786. The summed E-state index contributed by atoms with van der Waals surface area (Å²) < 4.78 is 16.5. The first-order valence-electron chi connectivity index (χ1n) is 12.6. The molecular weight excluding hydrogens is 639 g/mol. The summed E-state index contributed by atoms with van der Waals surface area (Å²) in [5.41, 5.74) is 5.36. The van der Waals surface area contributed by atoms with Gasteiger partial charge in [-0.15, -0.1) is 0 Å². The summed E-state index contributed by atoms with van der Waals surface area (Å²) in [6, 6.07) is 18.7. The Kier molecular flexibility index (Phi) is 7.85. The molecule has 0 aliphatic rings. The van der Waals surface area contributed by atoms with E-state index in [9.17, 15) is 9.18 Å². The molecule has 0 aliphatic carbocycles. The second kappa shape index (κ2) is 11.2. The summed E-state index contributed by atoms with van der Waals surface area (Å²) in [6.07, 6.45) is 3.72. The number of nitrogens with zero attached hydrogens (tertiary/aromatic N) is 5. The summed E-state index contributed by atoms with van der Waals surface area (Å²) in [4.78, 5) is 24.2. The van der Waals surface area contributed by atoms with Gasteiger partial charge in [0.15, 0.2) is 11.7 Å². The van der Waals surface area contributed by atoms with Crippen LogP contribution in [0.2, 0.25) is 0 Å². The van der Waals surface area contributed by atoms with Crippen LogP contribution in [0.5, 0.6) is 0 Å². The molecule has 0 bridgehead atoms. The predicted octanol–water partition coefficient (Wildman–Crippen LogP) is 6.86. The Morgan fingerprint density at radius 1 is 0.975 bits per heavy atom. The zero-order valence-electron chi connectivity index (χ0n) is 22.5. The topological polar surface area (TPSA) is 74.8 Å². The van der Waals surface area contributed by atoms with Gasteiger partial charge in [-0.25, -0.2) is 9.97 Å². The van der Waals surface area contributed by atoms with Crippen LogP contribution in [0.1, 0.15) is 33.2 Å². The van der Waals surface area contributed by atoms with E-state index in [4.69, 9.17) is 0 Å². The number of hydrogen-bond acceptors (Lipinski definition) is 5. The molecule has 7 nitrogen and oxygen atoms in total. The first kappa shape index (κ1) is 28.1. The molecule has 10 heteroatoms. The molecule has 5 aromatic rings. The summed E-state index contributed by atoms with van der Waals surface area (Å²) in [7, 11) is 7.85. The van der Waals surface area contributed by atoms with E-state index < -0.39 is 12.0 Å². The largest absolute Gasteiger partial charge is 0.378 e. The highest BCUT2D eigenvalue weighted by molar-refractivity contribution is 9.10. The first-order valence-corrected chi connectivity index (χ1v) is 14.2. The molecular formula is C30H28Br2FN6O+. The van der Waals surface area contributed by atoms with Crippen molar-refractivity contribution in [1.82, 2.24) is 24.6 Å². The van der Waals surface area contributed by atoms with Gasteiger partial charge in [0.25, 0.3) is 0 Å². The first-order chi connectivity index (χ1) is 19.0. The highest BCUT2D eigenvalue weighted by Gasteiger charge is 2.40. The SMILES string of the molecule is CN(C)c1ccc(C(C(=O)c2cc(Br)cnc2F)[N+](C)(C)c2ccc(Cc3[nH]nc4ncc(Br)cc34)cc2)cc1. The molecule has 0 aliphatic heterocycles. The van der Waals surface area contributed by atoms with Crippen molar-refractivity contribution in [2.45, 2.75) is 12.5 Å². The van der Waals surface area contributed by atoms with E-state index in [1.54, 1.807) is 6.20 Å². The van der Waals surface area contributed by atoms with Gasteiger partial charge in [0.2, 0.25) is 11.7 Å². The predicted molar refractivity (Wildman–Crippen MR) is 164 cm³/mol. The maximum atomic E-state index is 14.8. The Balaban J connectivity index is 1.51. The van der Waals surface area contributed by atoms with Crippen molar-refractivity contribution in [3.05, 3.63) is 110 Å². The summed E-state index contributed by atoms with van der Waals surface area (Å²) in [6.45, 7) is 0. The highest BCUT2D eigenvalue weighted by atomic mass is 79.9. The molecule has 40 heavy (non-hydrogen) atoms. The van der Waals surface area contributed by atoms with Gasteiger partial charge in [0, 0.05) is 64.2 Å². The van der Waals surface area contributed by atoms with Gasteiger partial charge in [-0.3, -0.25) is 14.4 Å². The molecule has 0 radical (unpaired) electrons. The summed E-state index contributed by atoms with van der Waals surface area (Å²) in [5.74, 6) is -1.13. The number of halogens is 3. The number of rotatable bonds is 8. The zero-order valence-corrected chi connectivity index (χ0v) is 25.7. The quantitative estimate of drug-likeness (QED) is 0.111. The van der Waals surface area contributed by atoms with Crippen molar-refractivity contribution in [2.75, 3.05) is 33.1 Å². The number of quaternary nitrogens is 1. The number of carbonyl (C=O) groups is 1. The van der Waals surface area contributed by atoms with Gasteiger partial charge in [0.05, 0.1) is 19.7 Å². The molecule has 0 fully saturated rings. The third kappa shape index (κ3) is 5.56. The van der Waals surface area contributed by atoms with E-state index in [0.29, 0.717) is 16.5 Å². The van der Waals surface area contributed by atoms with E-state index in [0.717, 1.165) is 38.1 Å². The number of carbonyl (C=O) groups excluding carboxylic acids is 1. The molecule has 0 amide bonds. The van der Waals surface area contributed by atoms with Crippen LogP contribution in [0.4, 0.5) is 15.8 Å². The lowest BCUT2D eigenvalue weighted by Crippen LogP contribution is -2.48. The van der Waals surface area contributed by atoms with Crippen LogP contribution in [0.25, 0.3) is 11.0 Å². The number of likely N-dealkylation sites (N-methyl/N-ethyl adjacent to an activating group) is 1. The normalized spacial score (nSPS) is 12.5. The lowest BCUT2D eigenvalue weighted by atomic mass is 9.94. The third-order valence-corrected chi connectivity index (χ3v) is 8.00. The van der Waals surface area contributed by atoms with Crippen LogP contribution in [-0.2, 0) is 6.42 Å². The molecule has 1 atom stereocenters. The van der Waals surface area contributed by atoms with E-state index in [-0.39, 0.29) is 15.8 Å². The standard InChI is InChI=1S/C30H28Br2FN6O/c1-38(2)22-9-7-19(8-10-22)27(28(40)25-15-21(32)16-34-29(25)33)39(3,4)23-11-5-18(6-12-23)13-26-24-14-20(31)17-35-30(24)37-36-26/h5-12,14-17,27H,13H2,1-4H3,(H,35,36,37)/q+1. The number of fused-ring (bicyclic) bond motifs is 1. The number of ketones is 1. The Morgan fingerprint density at radius 3 is 2.30 bits per heavy atom. The molecule has 0 spiro atoms. The number of nitrogens with one attached hydrogen (secondary N) is 1. The fraction of sp³-hybridized carbons (Fsp3) is 0.200. The second-order valence-corrected chi connectivity index (χ2v) is 12.2. The maximum Gasteiger partial charge on any atom is 0.229 e. The molecule has 0 saturated carbocycles. The lowest BCUT2D eigenvalue weighted by Gasteiger charge is -2.37. The lowest BCUT2D eigenvalue weighted by molar-refractivity contribution is 0.0873. The van der Waals surface area contributed by atoms with Crippen molar-refractivity contribution < 1.29 is 9.18 Å². The minimum Gasteiger partial charge on any atom is -0.378 e. The van der Waals surface area contributed by atoms with E-state index in [1.807, 2.05) is 87.7 Å². The number of benzene rings is 2. The molecule has 1 N–H and O–H groups in total. The number of anilines is 1. The molecule has 2 aromatic carbocycles. The zero-order chi connectivity index (χ0) is 28.6. The van der Waals surface area contributed by atoms with Crippen LogP contribution in [0.15, 0.2) is 82.0 Å². The molecule has 1 unspecified atom stereocenters. The van der Waals surface area contributed by atoms with E-state index in [1.165, 1.54) is 12.3 Å². The number of aromatic nitrogens is 4. The van der Waals surface area contributed by atoms with Crippen molar-refractivity contribution in [3.8, 4) is 0 Å². The van der Waals surface area contributed by atoms with Crippen LogP contribution in [-0.4, -0.2) is 54.1 Å².